The van der Waals surface area contributed by atoms with E-state index in [0.717, 1.165) is 10.9 Å². The molecule has 0 aliphatic heterocycles. The molecule has 0 bridgehead atoms. The van der Waals surface area contributed by atoms with E-state index < -0.39 is 121 Å². The first-order valence-corrected chi connectivity index (χ1v) is 26.5. The third-order valence-corrected chi connectivity index (χ3v) is 12.7. The van der Waals surface area contributed by atoms with Crippen molar-refractivity contribution in [1.82, 2.24) is 57.5 Å². The average Bonchev–Trinajstić information content (AvgIpc) is 4.11. The number of nitrogens with one attached hydrogen (secondary N) is 10. The molecular formula is C53H76N16O11. The summed E-state index contributed by atoms with van der Waals surface area (Å²) in [5.41, 5.74) is 24.6. The summed E-state index contributed by atoms with van der Waals surface area (Å²) >= 11 is 0. The van der Waals surface area contributed by atoms with Gasteiger partial charge in [0.15, 0.2) is 5.96 Å². The van der Waals surface area contributed by atoms with Crippen LogP contribution in [0.15, 0.2) is 78.3 Å². The molecule has 0 fully saturated rings. The third kappa shape index (κ3) is 22.2. The highest BCUT2D eigenvalue weighted by molar-refractivity contribution is 5.98. The van der Waals surface area contributed by atoms with Crippen molar-refractivity contribution < 1.29 is 53.1 Å². The van der Waals surface area contributed by atoms with Crippen molar-refractivity contribution in [3.63, 3.8) is 0 Å². The number of para-hydroxylation sites is 1. The lowest BCUT2D eigenvalue weighted by Gasteiger charge is -2.28. The molecule has 2 heterocycles. The van der Waals surface area contributed by atoms with Crippen molar-refractivity contribution in [2.45, 2.75) is 140 Å². The predicted octanol–water partition coefficient (Wildman–Crippen LogP) is -1.83. The fraction of sp³-hybridized carbons (Fsp3) is 0.472. The minimum atomic E-state index is -1.50. The normalized spacial score (nSPS) is 13.6. The Kier molecular flexibility index (Phi) is 26.6. The summed E-state index contributed by atoms with van der Waals surface area (Å²) in [5, 5.41) is 31.3. The van der Waals surface area contributed by atoms with Gasteiger partial charge in [0.2, 0.25) is 53.2 Å². The molecule has 0 aliphatic rings. The molecule has 0 saturated heterocycles. The lowest BCUT2D eigenvalue weighted by Crippen LogP contribution is -2.60. The predicted molar refractivity (Wildman–Crippen MR) is 295 cm³/mol. The molecule has 0 spiro atoms. The zero-order chi connectivity index (χ0) is 58.6. The maximum Gasteiger partial charge on any atom is 0.303 e. The number of aliphatic carboxylic acids is 1. The van der Waals surface area contributed by atoms with Gasteiger partial charge < -0.3 is 80.5 Å². The maximum atomic E-state index is 14.7. The number of nitrogens with two attached hydrogens (primary N) is 4. The summed E-state index contributed by atoms with van der Waals surface area (Å²) in [6.07, 6.45) is 5.74. The van der Waals surface area contributed by atoms with Crippen LogP contribution >= 0.6 is 0 Å². The minimum Gasteiger partial charge on any atom is -0.481 e. The number of carbonyl (C=O) groups excluding carboxylic acids is 9. The summed E-state index contributed by atoms with van der Waals surface area (Å²) in [4.78, 5) is 149. The van der Waals surface area contributed by atoms with Crippen molar-refractivity contribution >= 4 is 76.0 Å². The Bertz CT molecular complexity index is 2730. The highest BCUT2D eigenvalue weighted by Gasteiger charge is 2.34. The zero-order valence-corrected chi connectivity index (χ0v) is 45.0. The molecule has 4 rings (SSSR count). The number of aromatic amines is 2. The van der Waals surface area contributed by atoms with Crippen LogP contribution < -0.4 is 65.5 Å². The molecule has 19 N–H and O–H groups in total. The number of carboxylic acids is 1. The molecule has 7 atom stereocenters. The van der Waals surface area contributed by atoms with E-state index >= 15 is 0 Å². The van der Waals surface area contributed by atoms with Crippen LogP contribution in [0.3, 0.4) is 0 Å². The molecule has 2 aromatic heterocycles. The highest BCUT2D eigenvalue weighted by Crippen LogP contribution is 2.20. The standard InChI is InChI=1S/C53H76N16O11/c1-3-4-16-38(63-31(2)70)48(76)66-40(20-21-45(72)73)50(78)69-43(26-34-28-58-30-62-34)52(80)67-41(24-32-13-6-5-7-14-32)51(79)65-39(19-12-23-59-53(56)57)49(77)68-42(25-33-27-60-36-17-9-8-15-35(33)36)47(75)61-29-44(71)64-37(46(55)74)18-10-11-22-54/h5-9,13-15,17,27-28,30,37-43,60H,3-4,10-12,16,18-26,29,54H2,1-2H3,(H2,55,74)(H,58,62)(H,61,75)(H,63,70)(H,64,71)(H,65,79)(H,66,76)(H,67,80)(H,68,77)(H,69,78)(H,72,73)(H4,56,57,59)/t37-,38-,39-,40-,41-,42-,43+/m0/s1. The number of rotatable bonds is 36. The number of fused-ring (bicyclic) bond motifs is 1. The molecule has 0 aliphatic carbocycles. The van der Waals surface area contributed by atoms with Crippen LogP contribution in [0.2, 0.25) is 0 Å². The van der Waals surface area contributed by atoms with E-state index in [1.54, 1.807) is 42.6 Å². The quantitative estimate of drug-likeness (QED) is 0.0135. The molecule has 2 aromatic carbocycles. The van der Waals surface area contributed by atoms with Gasteiger partial charge >= 0.3 is 5.97 Å². The van der Waals surface area contributed by atoms with E-state index in [1.807, 2.05) is 25.1 Å². The number of benzene rings is 2. The lowest BCUT2D eigenvalue weighted by molar-refractivity contribution is -0.138. The zero-order valence-electron chi connectivity index (χ0n) is 45.0. The number of hydrogen-bond donors (Lipinski definition) is 15. The van der Waals surface area contributed by atoms with Crippen LogP contribution in [0, 0.1) is 0 Å². The number of hydrogen-bond acceptors (Lipinski definition) is 13. The molecule has 4 aromatic rings. The van der Waals surface area contributed by atoms with Crippen molar-refractivity contribution in [2.75, 3.05) is 19.6 Å². The SMILES string of the molecule is CCCC[C@H](NC(C)=O)C(=O)N[C@@H](CCC(=O)O)C(=O)N[C@H](Cc1cnc[nH]1)C(=O)N[C@@H](Cc1ccccc1)C(=O)N[C@@H](CCCN=C(N)N)C(=O)N[C@@H](Cc1c[nH]c2ccccc12)C(=O)NCC(=O)N[C@@H](CCCCN)C(N)=O. The van der Waals surface area contributed by atoms with E-state index in [4.69, 9.17) is 22.9 Å². The molecular weight excluding hydrogens is 1040 g/mol. The average molecular weight is 1110 g/mol. The minimum absolute atomic E-state index is 0.0224. The van der Waals surface area contributed by atoms with Gasteiger partial charge in [0.05, 0.1) is 12.9 Å². The number of aliphatic imine (C=N–C) groups is 1. The van der Waals surface area contributed by atoms with Crippen molar-refractivity contribution in [2.24, 2.45) is 27.9 Å². The number of carbonyl (C=O) groups is 10. The number of guanidine groups is 1. The van der Waals surface area contributed by atoms with Gasteiger partial charge in [-0.1, -0.05) is 68.3 Å². The Labute approximate surface area is 462 Å². The number of H-pyrrole nitrogens is 2. The monoisotopic (exact) mass is 1110 g/mol. The van der Waals surface area contributed by atoms with Gasteiger partial charge in [-0.2, -0.15) is 0 Å². The second-order valence-electron chi connectivity index (χ2n) is 19.1. The largest absolute Gasteiger partial charge is 0.481 e. The summed E-state index contributed by atoms with van der Waals surface area (Å²) in [6.45, 7) is 2.90. The summed E-state index contributed by atoms with van der Waals surface area (Å²) in [6, 6.07) is 6.48. The maximum absolute atomic E-state index is 14.7. The second-order valence-corrected chi connectivity index (χ2v) is 19.1. The number of aromatic nitrogens is 3. The van der Waals surface area contributed by atoms with E-state index in [-0.39, 0.29) is 57.5 Å². The second kappa shape index (κ2) is 33.4. The number of nitrogens with zero attached hydrogens (tertiary/aromatic N) is 2. The number of amides is 9. The van der Waals surface area contributed by atoms with Gasteiger partial charge in [0.1, 0.15) is 42.3 Å². The topological polar surface area (TPSA) is 448 Å². The summed E-state index contributed by atoms with van der Waals surface area (Å²) in [7, 11) is 0. The molecule has 434 valence electrons. The first kappa shape index (κ1) is 63.7. The van der Waals surface area contributed by atoms with Gasteiger partial charge in [-0.15, -0.1) is 0 Å². The molecule has 9 amide bonds. The molecule has 27 nitrogen and oxygen atoms in total. The molecule has 0 radical (unpaired) electrons. The Balaban J connectivity index is 1.66. The van der Waals surface area contributed by atoms with Crippen LogP contribution in [-0.2, 0) is 67.2 Å². The Morgan fingerprint density at radius 1 is 0.613 bits per heavy atom. The number of unbranched alkanes of at least 4 members (excludes halogenated alkanes) is 2. The first-order valence-electron chi connectivity index (χ1n) is 26.5. The van der Waals surface area contributed by atoms with Crippen molar-refractivity contribution in [1.29, 1.82) is 0 Å². The first-order chi connectivity index (χ1) is 38.3. The van der Waals surface area contributed by atoms with Crippen LogP contribution in [0.4, 0.5) is 0 Å². The van der Waals surface area contributed by atoms with Gasteiger partial charge in [-0.3, -0.25) is 52.9 Å². The summed E-state index contributed by atoms with van der Waals surface area (Å²) in [5.74, 6) is -8.62. The van der Waals surface area contributed by atoms with E-state index in [9.17, 15) is 53.1 Å². The number of carboxylic acid groups (broad SMARTS) is 1. The van der Waals surface area contributed by atoms with Gasteiger partial charge in [-0.05, 0) is 68.7 Å². The fourth-order valence-corrected chi connectivity index (χ4v) is 8.52. The van der Waals surface area contributed by atoms with Gasteiger partial charge in [0.25, 0.3) is 0 Å². The van der Waals surface area contributed by atoms with Crippen LogP contribution in [0.25, 0.3) is 10.9 Å². The number of imidazole rings is 1. The van der Waals surface area contributed by atoms with Crippen LogP contribution in [0.5, 0.6) is 0 Å². The van der Waals surface area contributed by atoms with Crippen molar-refractivity contribution in [3.8, 4) is 0 Å². The van der Waals surface area contributed by atoms with E-state index in [1.165, 1.54) is 19.4 Å². The Morgan fingerprint density at radius 3 is 1.76 bits per heavy atom. The lowest BCUT2D eigenvalue weighted by atomic mass is 10.0. The molecule has 27 heteroatoms. The Morgan fingerprint density at radius 2 is 1.18 bits per heavy atom. The fourth-order valence-electron chi connectivity index (χ4n) is 8.52. The van der Waals surface area contributed by atoms with Crippen LogP contribution in [-0.4, -0.2) is 147 Å². The van der Waals surface area contributed by atoms with Crippen LogP contribution in [0.1, 0.15) is 94.9 Å². The summed E-state index contributed by atoms with van der Waals surface area (Å²) < 4.78 is 0. The van der Waals surface area contributed by atoms with Gasteiger partial charge in [-0.25, -0.2) is 4.98 Å². The van der Waals surface area contributed by atoms with Crippen molar-refractivity contribution in [3.05, 3.63) is 90.1 Å². The van der Waals surface area contributed by atoms with Gasteiger partial charge in [0, 0.05) is 68.1 Å². The molecule has 80 heavy (non-hydrogen) atoms. The molecule has 0 saturated carbocycles. The molecule has 0 unspecified atom stereocenters. The Hall–Kier alpha value is -8.88. The van der Waals surface area contributed by atoms with E-state index in [2.05, 4.69) is 62.5 Å². The highest BCUT2D eigenvalue weighted by atomic mass is 16.4. The van der Waals surface area contributed by atoms with E-state index in [0.29, 0.717) is 49.0 Å². The third-order valence-electron chi connectivity index (χ3n) is 12.7. The smallest absolute Gasteiger partial charge is 0.303 e. The number of primary amides is 1.